The largest absolute Gasteiger partial charge is 0.508 e. The van der Waals surface area contributed by atoms with Crippen LogP contribution in [0.3, 0.4) is 0 Å². The van der Waals surface area contributed by atoms with E-state index in [1.54, 1.807) is 37.3 Å². The number of ether oxygens (including phenoxy) is 3. The van der Waals surface area contributed by atoms with E-state index in [2.05, 4.69) is 10.6 Å². The molecule has 3 unspecified atom stereocenters. The monoisotopic (exact) mass is 670 g/mol. The highest BCUT2D eigenvalue weighted by molar-refractivity contribution is 6.38. The Bertz CT molecular complexity index is 1320. The topological polar surface area (TPSA) is 171 Å². The van der Waals surface area contributed by atoms with Gasteiger partial charge in [-0.05, 0) is 55.9 Å². The van der Waals surface area contributed by atoms with Crippen LogP contribution in [-0.2, 0) is 43.0 Å². The van der Waals surface area contributed by atoms with Crippen molar-refractivity contribution in [3.05, 3.63) is 35.9 Å². The second-order valence-corrected chi connectivity index (χ2v) is 13.6. The molecule has 1 aromatic carbocycles. The minimum absolute atomic E-state index is 0.0913. The standard InChI is InChI=1S/C36H50N2O10/c1-6-12-29(31(41)33(43)37-20-25(39)17-26(34(44)46-5)24-13-8-7-9-14-24)38-32(42)28-19-36(15-10-11-16-36)18-27(28)30(40)23(4)48-35(45)47-21-22(2)3/h7-9,13-14,22-23,26-29H,6,10-12,15-21H2,1-5H3,(H,37,43)(H,38,42)/t23-,26?,27?,28+,29?/m0/s1. The molecule has 12 heteroatoms. The molecule has 1 spiro atoms. The molecule has 2 fully saturated rings. The van der Waals surface area contributed by atoms with Crippen molar-refractivity contribution in [3.63, 3.8) is 0 Å². The van der Waals surface area contributed by atoms with Gasteiger partial charge in [-0.15, -0.1) is 0 Å². The van der Waals surface area contributed by atoms with Gasteiger partial charge in [0.25, 0.3) is 5.91 Å². The minimum Gasteiger partial charge on any atom is -0.469 e. The zero-order chi connectivity index (χ0) is 35.4. The van der Waals surface area contributed by atoms with Gasteiger partial charge < -0.3 is 24.8 Å². The van der Waals surface area contributed by atoms with E-state index >= 15 is 0 Å². The zero-order valence-electron chi connectivity index (χ0n) is 28.7. The van der Waals surface area contributed by atoms with Crippen molar-refractivity contribution in [1.29, 1.82) is 0 Å². The summed E-state index contributed by atoms with van der Waals surface area (Å²) in [7, 11) is 1.22. The molecule has 0 bridgehead atoms. The molecule has 0 saturated heterocycles. The van der Waals surface area contributed by atoms with Crippen molar-refractivity contribution in [2.75, 3.05) is 20.3 Å². The highest BCUT2D eigenvalue weighted by Gasteiger charge is 2.52. The third kappa shape index (κ3) is 10.5. The molecule has 0 radical (unpaired) electrons. The number of hydrogen-bond donors (Lipinski definition) is 2. The number of ketones is 3. The predicted octanol–water partition coefficient (Wildman–Crippen LogP) is 4.23. The number of esters is 1. The Morgan fingerprint density at radius 3 is 2.19 bits per heavy atom. The number of carbonyl (C=O) groups excluding carboxylic acids is 7. The van der Waals surface area contributed by atoms with Crippen molar-refractivity contribution in [2.24, 2.45) is 23.2 Å². The highest BCUT2D eigenvalue weighted by Crippen LogP contribution is 2.55. The number of nitrogens with one attached hydrogen (secondary N) is 2. The SMILES string of the molecule is CCCC(NC(=O)[C@@H]1CC2(CCCC2)CC1C(=O)[C@H](C)OC(=O)OCC(C)C)C(=O)C(=O)NCC(=O)CC(C(=O)OC)c1ccccc1. The fraction of sp³-hybridized carbons (Fsp3) is 0.639. The van der Waals surface area contributed by atoms with Gasteiger partial charge in [0.05, 0.1) is 32.2 Å². The molecule has 3 rings (SSSR count). The molecule has 1 aromatic rings. The van der Waals surface area contributed by atoms with Crippen LogP contribution in [-0.4, -0.2) is 73.7 Å². The van der Waals surface area contributed by atoms with Crippen molar-refractivity contribution < 1.29 is 47.8 Å². The summed E-state index contributed by atoms with van der Waals surface area (Å²) in [5.74, 6) is -6.19. The second kappa shape index (κ2) is 17.9. The van der Waals surface area contributed by atoms with Crippen LogP contribution in [0.15, 0.2) is 30.3 Å². The van der Waals surface area contributed by atoms with Crippen molar-refractivity contribution in [2.45, 2.75) is 104 Å². The summed E-state index contributed by atoms with van der Waals surface area (Å²) < 4.78 is 15.2. The van der Waals surface area contributed by atoms with Gasteiger partial charge in [-0.2, -0.15) is 0 Å². The molecule has 0 aliphatic heterocycles. The van der Waals surface area contributed by atoms with Crippen LogP contribution in [0, 0.1) is 23.2 Å². The molecule has 5 atom stereocenters. The fourth-order valence-electron chi connectivity index (χ4n) is 6.91. The maximum absolute atomic E-state index is 13.8. The predicted molar refractivity (Wildman–Crippen MR) is 175 cm³/mol. The summed E-state index contributed by atoms with van der Waals surface area (Å²) in [6.07, 6.45) is 2.99. The maximum Gasteiger partial charge on any atom is 0.508 e. The van der Waals surface area contributed by atoms with Crippen LogP contribution in [0.4, 0.5) is 4.79 Å². The minimum atomic E-state index is -1.17. The molecule has 2 N–H and O–H groups in total. The lowest BCUT2D eigenvalue weighted by Crippen LogP contribution is -2.50. The average molecular weight is 671 g/mol. The van der Waals surface area contributed by atoms with Crippen molar-refractivity contribution in [3.8, 4) is 0 Å². The van der Waals surface area contributed by atoms with Crippen LogP contribution in [0.2, 0.25) is 0 Å². The van der Waals surface area contributed by atoms with E-state index in [1.165, 1.54) is 14.0 Å². The first-order valence-corrected chi connectivity index (χ1v) is 16.9. The zero-order valence-corrected chi connectivity index (χ0v) is 28.7. The summed E-state index contributed by atoms with van der Waals surface area (Å²) in [5.41, 5.74) is 0.394. The Labute approximate surface area is 282 Å². The third-order valence-electron chi connectivity index (χ3n) is 9.37. The number of rotatable bonds is 17. The van der Waals surface area contributed by atoms with Crippen LogP contribution >= 0.6 is 0 Å². The van der Waals surface area contributed by atoms with Crippen molar-refractivity contribution >= 4 is 41.3 Å². The molecule has 12 nitrogen and oxygen atoms in total. The second-order valence-electron chi connectivity index (χ2n) is 13.6. The molecule has 0 heterocycles. The Kier molecular flexibility index (Phi) is 14.3. The summed E-state index contributed by atoms with van der Waals surface area (Å²) in [6.45, 7) is 6.68. The van der Waals surface area contributed by atoms with E-state index < -0.39 is 71.9 Å². The van der Waals surface area contributed by atoms with E-state index in [0.717, 1.165) is 25.7 Å². The first kappa shape index (κ1) is 38.4. The summed E-state index contributed by atoms with van der Waals surface area (Å²) in [5, 5.41) is 5.07. The lowest BCUT2D eigenvalue weighted by atomic mass is 9.83. The normalized spacial score (nSPS) is 20.0. The van der Waals surface area contributed by atoms with Gasteiger partial charge in [0.15, 0.2) is 17.7 Å². The Morgan fingerprint density at radius 2 is 1.58 bits per heavy atom. The molecule has 2 aliphatic rings. The maximum atomic E-state index is 13.8. The first-order chi connectivity index (χ1) is 22.8. The lowest BCUT2D eigenvalue weighted by Gasteiger charge is -2.24. The first-order valence-electron chi connectivity index (χ1n) is 16.9. The van der Waals surface area contributed by atoms with Crippen LogP contribution < -0.4 is 10.6 Å². The van der Waals surface area contributed by atoms with Crippen molar-refractivity contribution in [1.82, 2.24) is 10.6 Å². The van der Waals surface area contributed by atoms with Gasteiger partial charge in [0.1, 0.15) is 0 Å². The quantitative estimate of drug-likeness (QED) is 0.181. The molecule has 264 valence electrons. The average Bonchev–Trinajstić information content (AvgIpc) is 3.70. The number of methoxy groups -OCH3 is 1. The Hall–Kier alpha value is -4.09. The summed E-state index contributed by atoms with van der Waals surface area (Å²) in [4.78, 5) is 90.8. The number of Topliss-reactive ketones (excluding diaryl/α,β-unsaturated/α-hetero) is 3. The molecule has 2 amide bonds. The molecular formula is C36H50N2O10. The van der Waals surface area contributed by atoms with Gasteiger partial charge in [0, 0.05) is 18.3 Å². The van der Waals surface area contributed by atoms with Crippen LogP contribution in [0.25, 0.3) is 0 Å². The molecule has 2 saturated carbocycles. The number of benzene rings is 1. The third-order valence-corrected chi connectivity index (χ3v) is 9.37. The molecule has 2 aliphatic carbocycles. The highest BCUT2D eigenvalue weighted by atomic mass is 16.7. The summed E-state index contributed by atoms with van der Waals surface area (Å²) >= 11 is 0. The van der Waals surface area contributed by atoms with E-state index in [1.807, 2.05) is 13.8 Å². The number of amides is 2. The molecule has 0 aromatic heterocycles. The van der Waals surface area contributed by atoms with Gasteiger partial charge in [-0.1, -0.05) is 70.4 Å². The summed E-state index contributed by atoms with van der Waals surface area (Å²) in [6, 6.07) is 7.46. The Morgan fingerprint density at radius 1 is 0.938 bits per heavy atom. The Balaban J connectivity index is 1.65. The van der Waals surface area contributed by atoms with Crippen LogP contribution in [0.1, 0.15) is 97.0 Å². The van der Waals surface area contributed by atoms with Gasteiger partial charge in [-0.25, -0.2) is 4.79 Å². The van der Waals surface area contributed by atoms with E-state index in [-0.39, 0.29) is 36.6 Å². The van der Waals surface area contributed by atoms with E-state index in [4.69, 9.17) is 14.2 Å². The molecular weight excluding hydrogens is 620 g/mol. The fourth-order valence-corrected chi connectivity index (χ4v) is 6.91. The van der Waals surface area contributed by atoms with Gasteiger partial charge in [-0.3, -0.25) is 28.8 Å². The lowest BCUT2D eigenvalue weighted by molar-refractivity contribution is -0.144. The van der Waals surface area contributed by atoms with Gasteiger partial charge in [0.2, 0.25) is 11.7 Å². The van der Waals surface area contributed by atoms with Gasteiger partial charge >= 0.3 is 12.1 Å². The molecule has 48 heavy (non-hydrogen) atoms. The van der Waals surface area contributed by atoms with E-state index in [0.29, 0.717) is 24.8 Å². The number of hydrogen-bond acceptors (Lipinski definition) is 10. The van der Waals surface area contributed by atoms with Crippen LogP contribution in [0.5, 0.6) is 0 Å². The number of carbonyl (C=O) groups is 7. The smallest absolute Gasteiger partial charge is 0.469 e. The van der Waals surface area contributed by atoms with E-state index in [9.17, 15) is 33.6 Å².